The Labute approximate surface area is 112 Å². The van der Waals surface area contributed by atoms with Crippen molar-refractivity contribution < 1.29 is 4.42 Å². The molecule has 2 aromatic rings. The first-order chi connectivity index (χ1) is 9.11. The molecule has 0 amide bonds. The van der Waals surface area contributed by atoms with Crippen molar-refractivity contribution in [3.63, 3.8) is 0 Å². The Morgan fingerprint density at radius 2 is 2.16 bits per heavy atom. The van der Waals surface area contributed by atoms with Gasteiger partial charge in [-0.2, -0.15) is 5.10 Å². The number of aromatic nitrogens is 4. The van der Waals surface area contributed by atoms with Gasteiger partial charge < -0.3 is 9.73 Å². The fraction of sp³-hybridized carbons (Fsp3) is 0.615. The highest BCUT2D eigenvalue weighted by Gasteiger charge is 2.20. The van der Waals surface area contributed by atoms with Crippen LogP contribution in [0.5, 0.6) is 0 Å². The summed E-state index contributed by atoms with van der Waals surface area (Å²) >= 11 is 0. The van der Waals surface area contributed by atoms with Crippen molar-refractivity contribution in [3.05, 3.63) is 29.0 Å². The molecule has 1 aliphatic heterocycles. The summed E-state index contributed by atoms with van der Waals surface area (Å²) in [5.74, 6) is 3.61. The number of nitrogens with zero attached hydrogens (tertiary/aromatic N) is 4. The van der Waals surface area contributed by atoms with Crippen LogP contribution < -0.4 is 5.32 Å². The second-order valence-electron chi connectivity index (χ2n) is 5.12. The van der Waals surface area contributed by atoms with Crippen LogP contribution in [-0.2, 0) is 19.5 Å². The van der Waals surface area contributed by atoms with Crippen molar-refractivity contribution in [3.8, 4) is 0 Å². The first kappa shape index (κ1) is 12.3. The van der Waals surface area contributed by atoms with Gasteiger partial charge in [0.05, 0.1) is 18.8 Å². The van der Waals surface area contributed by atoms with Gasteiger partial charge in [-0.05, 0) is 27.2 Å². The smallest absolute Gasteiger partial charge is 0.208 e. The molecule has 0 saturated carbocycles. The summed E-state index contributed by atoms with van der Waals surface area (Å²) in [6.45, 7) is 7.38. The Hall–Kier alpha value is -1.69. The number of hydrogen-bond donors (Lipinski definition) is 1. The predicted molar refractivity (Wildman–Crippen MR) is 69.7 cm³/mol. The molecule has 6 nitrogen and oxygen atoms in total. The molecule has 0 spiro atoms. The summed E-state index contributed by atoms with van der Waals surface area (Å²) in [5.41, 5.74) is 0.967. The molecule has 3 heterocycles. The topological polar surface area (TPSA) is 68.8 Å². The van der Waals surface area contributed by atoms with E-state index in [0.717, 1.165) is 48.4 Å². The molecule has 19 heavy (non-hydrogen) atoms. The van der Waals surface area contributed by atoms with E-state index in [9.17, 15) is 0 Å². The third kappa shape index (κ3) is 2.53. The van der Waals surface area contributed by atoms with Crippen LogP contribution >= 0.6 is 0 Å². The molecule has 6 heteroatoms. The molecule has 1 atom stereocenters. The molecule has 0 radical (unpaired) electrons. The van der Waals surface area contributed by atoms with Crippen LogP contribution in [0, 0.1) is 20.8 Å². The normalized spacial score (nSPS) is 18.6. The second kappa shape index (κ2) is 4.77. The van der Waals surface area contributed by atoms with Crippen molar-refractivity contribution in [2.45, 2.75) is 52.7 Å². The maximum absolute atomic E-state index is 5.57. The third-order valence-electron chi connectivity index (χ3n) is 3.58. The Kier molecular flexibility index (Phi) is 3.10. The minimum absolute atomic E-state index is 0.404. The van der Waals surface area contributed by atoms with Gasteiger partial charge in [0.2, 0.25) is 5.89 Å². The minimum Gasteiger partial charge on any atom is -0.444 e. The molecular formula is C13H19N5O. The molecule has 0 fully saturated rings. The highest BCUT2D eigenvalue weighted by molar-refractivity contribution is 5.05. The Morgan fingerprint density at radius 1 is 1.32 bits per heavy atom. The van der Waals surface area contributed by atoms with Gasteiger partial charge in [0, 0.05) is 12.5 Å². The van der Waals surface area contributed by atoms with Gasteiger partial charge in [-0.15, -0.1) is 0 Å². The van der Waals surface area contributed by atoms with E-state index < -0.39 is 0 Å². The number of aryl methyl sites for hydroxylation is 4. The van der Waals surface area contributed by atoms with Gasteiger partial charge in [0.1, 0.15) is 17.4 Å². The standard InChI is InChI=1S/C13H19N5O/c1-8-9(2)19-13(15-8)6-14-11-4-5-12-16-10(3)17-18(12)7-11/h11,14H,4-7H2,1-3H3/t11-/m1/s1. The fourth-order valence-corrected chi connectivity index (χ4v) is 2.45. The highest BCUT2D eigenvalue weighted by atomic mass is 16.4. The maximum atomic E-state index is 5.57. The maximum Gasteiger partial charge on any atom is 0.208 e. The molecule has 102 valence electrons. The van der Waals surface area contributed by atoms with E-state index in [1.807, 2.05) is 25.5 Å². The van der Waals surface area contributed by atoms with E-state index >= 15 is 0 Å². The van der Waals surface area contributed by atoms with Gasteiger partial charge in [-0.3, -0.25) is 0 Å². The number of nitrogens with one attached hydrogen (secondary N) is 1. The largest absolute Gasteiger partial charge is 0.444 e. The predicted octanol–water partition coefficient (Wildman–Crippen LogP) is 1.30. The van der Waals surface area contributed by atoms with Crippen LogP contribution in [0.2, 0.25) is 0 Å². The van der Waals surface area contributed by atoms with Crippen LogP contribution in [0.1, 0.15) is 35.4 Å². The molecule has 1 N–H and O–H groups in total. The van der Waals surface area contributed by atoms with Crippen LogP contribution in [0.4, 0.5) is 0 Å². The lowest BCUT2D eigenvalue weighted by Crippen LogP contribution is -2.37. The summed E-state index contributed by atoms with van der Waals surface area (Å²) in [6.07, 6.45) is 2.05. The molecule has 0 unspecified atom stereocenters. The first-order valence-corrected chi connectivity index (χ1v) is 6.68. The second-order valence-corrected chi connectivity index (χ2v) is 5.12. The number of oxazole rings is 1. The Bertz CT molecular complexity index is 566. The van der Waals surface area contributed by atoms with E-state index in [-0.39, 0.29) is 0 Å². The monoisotopic (exact) mass is 261 g/mol. The first-order valence-electron chi connectivity index (χ1n) is 6.68. The fourth-order valence-electron chi connectivity index (χ4n) is 2.45. The van der Waals surface area contributed by atoms with Crippen LogP contribution in [0.3, 0.4) is 0 Å². The van der Waals surface area contributed by atoms with Gasteiger partial charge in [0.25, 0.3) is 0 Å². The average Bonchev–Trinajstić information content (AvgIpc) is 2.88. The minimum atomic E-state index is 0.404. The van der Waals surface area contributed by atoms with Crippen LogP contribution in [0.25, 0.3) is 0 Å². The summed E-state index contributed by atoms with van der Waals surface area (Å²) in [4.78, 5) is 8.79. The summed E-state index contributed by atoms with van der Waals surface area (Å²) in [7, 11) is 0. The van der Waals surface area contributed by atoms with E-state index in [2.05, 4.69) is 20.4 Å². The van der Waals surface area contributed by atoms with Crippen molar-refractivity contribution in [2.24, 2.45) is 0 Å². The zero-order chi connectivity index (χ0) is 13.4. The zero-order valence-corrected chi connectivity index (χ0v) is 11.6. The lowest BCUT2D eigenvalue weighted by molar-refractivity contribution is 0.339. The molecule has 0 aromatic carbocycles. The van der Waals surface area contributed by atoms with Gasteiger partial charge in [-0.1, -0.05) is 0 Å². The molecular weight excluding hydrogens is 242 g/mol. The van der Waals surface area contributed by atoms with Crippen molar-refractivity contribution in [1.29, 1.82) is 0 Å². The van der Waals surface area contributed by atoms with Gasteiger partial charge in [0.15, 0.2) is 0 Å². The molecule has 0 saturated heterocycles. The number of fused-ring (bicyclic) bond motifs is 1. The molecule has 0 aliphatic carbocycles. The summed E-state index contributed by atoms with van der Waals surface area (Å²) in [5, 5.41) is 7.88. The lowest BCUT2D eigenvalue weighted by atomic mass is 10.1. The van der Waals surface area contributed by atoms with Gasteiger partial charge in [-0.25, -0.2) is 14.6 Å². The number of rotatable bonds is 3. The van der Waals surface area contributed by atoms with E-state index in [1.165, 1.54) is 0 Å². The third-order valence-corrected chi connectivity index (χ3v) is 3.58. The summed E-state index contributed by atoms with van der Waals surface area (Å²) < 4.78 is 7.57. The van der Waals surface area contributed by atoms with Gasteiger partial charge >= 0.3 is 0 Å². The molecule has 0 bridgehead atoms. The van der Waals surface area contributed by atoms with E-state index in [1.54, 1.807) is 0 Å². The Morgan fingerprint density at radius 3 is 2.89 bits per heavy atom. The quantitative estimate of drug-likeness (QED) is 0.901. The SMILES string of the molecule is Cc1nc2n(n1)C[C@H](NCc1nc(C)c(C)o1)CC2. The average molecular weight is 261 g/mol. The molecule has 1 aliphatic rings. The van der Waals surface area contributed by atoms with Crippen molar-refractivity contribution >= 4 is 0 Å². The van der Waals surface area contributed by atoms with Crippen LogP contribution in [-0.4, -0.2) is 25.8 Å². The van der Waals surface area contributed by atoms with Crippen LogP contribution in [0.15, 0.2) is 4.42 Å². The van der Waals surface area contributed by atoms with Crippen molar-refractivity contribution in [1.82, 2.24) is 25.1 Å². The van der Waals surface area contributed by atoms with E-state index in [4.69, 9.17) is 4.42 Å². The Balaban J connectivity index is 1.60. The van der Waals surface area contributed by atoms with Crippen molar-refractivity contribution in [2.75, 3.05) is 0 Å². The zero-order valence-electron chi connectivity index (χ0n) is 11.6. The lowest BCUT2D eigenvalue weighted by Gasteiger charge is -2.22. The molecule has 2 aromatic heterocycles. The number of hydrogen-bond acceptors (Lipinski definition) is 5. The summed E-state index contributed by atoms with van der Waals surface area (Å²) in [6, 6.07) is 0.404. The highest BCUT2D eigenvalue weighted by Crippen LogP contribution is 2.14. The van der Waals surface area contributed by atoms with E-state index in [0.29, 0.717) is 12.6 Å². The molecule has 3 rings (SSSR count).